The van der Waals surface area contributed by atoms with Gasteiger partial charge < -0.3 is 9.88 Å². The highest BCUT2D eigenvalue weighted by molar-refractivity contribution is 5.94. The number of nitrogens with one attached hydrogen (secondary N) is 1. The number of anilines is 1. The van der Waals surface area contributed by atoms with Crippen LogP contribution >= 0.6 is 0 Å². The molecular weight excluding hydrogens is 377 g/mol. The Hall–Kier alpha value is -3.67. The molecule has 1 saturated heterocycles. The lowest BCUT2D eigenvalue weighted by Gasteiger charge is -2.26. The number of aromatic amines is 1. The Labute approximate surface area is 172 Å². The van der Waals surface area contributed by atoms with Crippen LogP contribution in [-0.2, 0) is 0 Å². The minimum absolute atomic E-state index is 0.130. The van der Waals surface area contributed by atoms with Crippen LogP contribution in [0.3, 0.4) is 0 Å². The van der Waals surface area contributed by atoms with Crippen LogP contribution in [0.5, 0.6) is 0 Å². The van der Waals surface area contributed by atoms with Crippen LogP contribution in [0.15, 0.2) is 73.1 Å². The number of halogens is 1. The maximum Gasteiger partial charge on any atom is 0.154 e. The first kappa shape index (κ1) is 17.2. The third-order valence-corrected chi connectivity index (χ3v) is 6.00. The molecule has 2 aromatic carbocycles. The third kappa shape index (κ3) is 2.68. The number of hydrogen-bond acceptors (Lipinski definition) is 3. The molecule has 1 unspecified atom stereocenters. The molecule has 1 atom stereocenters. The van der Waals surface area contributed by atoms with Gasteiger partial charge in [0.25, 0.3) is 0 Å². The van der Waals surface area contributed by atoms with E-state index in [0.717, 1.165) is 58.6 Å². The van der Waals surface area contributed by atoms with E-state index in [1.807, 2.05) is 41.2 Å². The van der Waals surface area contributed by atoms with E-state index in [1.165, 1.54) is 6.07 Å². The van der Waals surface area contributed by atoms with Gasteiger partial charge in [0.05, 0.1) is 17.9 Å². The molecule has 3 aromatic heterocycles. The summed E-state index contributed by atoms with van der Waals surface area (Å²) >= 11 is 0. The number of benzene rings is 2. The lowest BCUT2D eigenvalue weighted by atomic mass is 10.0. The lowest BCUT2D eigenvalue weighted by molar-refractivity contribution is 0.617. The van der Waals surface area contributed by atoms with Crippen LogP contribution in [0.25, 0.3) is 27.8 Å². The molecule has 148 valence electrons. The van der Waals surface area contributed by atoms with E-state index >= 15 is 0 Å². The Kier molecular flexibility index (Phi) is 3.84. The number of nitrogens with zero attached hydrogens (tertiary/aromatic N) is 4. The van der Waals surface area contributed by atoms with Crippen molar-refractivity contribution >= 4 is 22.4 Å². The summed E-state index contributed by atoms with van der Waals surface area (Å²) in [5, 5.41) is 6.10. The van der Waals surface area contributed by atoms with E-state index in [4.69, 9.17) is 5.10 Å². The molecule has 6 rings (SSSR count). The second-order valence-corrected chi connectivity index (χ2v) is 7.76. The molecule has 4 heterocycles. The maximum absolute atomic E-state index is 13.8. The third-order valence-electron chi connectivity index (χ3n) is 6.00. The predicted molar refractivity (Wildman–Crippen MR) is 116 cm³/mol. The van der Waals surface area contributed by atoms with Crippen molar-refractivity contribution in [3.8, 4) is 11.3 Å². The van der Waals surface area contributed by atoms with Crippen LogP contribution in [0.4, 0.5) is 10.2 Å². The molecule has 0 radical (unpaired) electrons. The molecule has 0 spiro atoms. The molecular formula is C24H20FN5. The molecule has 6 heteroatoms. The Morgan fingerprint density at radius 3 is 2.90 bits per heavy atom. The van der Waals surface area contributed by atoms with Crippen LogP contribution in [-0.4, -0.2) is 26.1 Å². The molecule has 5 aromatic rings. The highest BCUT2D eigenvalue weighted by Crippen LogP contribution is 2.36. The van der Waals surface area contributed by atoms with Crippen molar-refractivity contribution in [2.75, 3.05) is 11.4 Å². The Bertz CT molecular complexity index is 1370. The summed E-state index contributed by atoms with van der Waals surface area (Å²) < 4.78 is 15.7. The first-order chi connectivity index (χ1) is 14.8. The van der Waals surface area contributed by atoms with Crippen LogP contribution in [0.1, 0.15) is 24.4 Å². The quantitative estimate of drug-likeness (QED) is 0.446. The van der Waals surface area contributed by atoms with Gasteiger partial charge in [0.15, 0.2) is 5.65 Å². The average Bonchev–Trinajstić information content (AvgIpc) is 3.51. The largest absolute Gasteiger partial charge is 0.361 e. The summed E-state index contributed by atoms with van der Waals surface area (Å²) in [5.74, 6) is 0.689. The number of fused-ring (bicyclic) bond motifs is 2. The highest BCUT2D eigenvalue weighted by atomic mass is 19.1. The summed E-state index contributed by atoms with van der Waals surface area (Å²) in [6, 6.07) is 19.3. The summed E-state index contributed by atoms with van der Waals surface area (Å²) in [4.78, 5) is 10.1. The molecule has 30 heavy (non-hydrogen) atoms. The summed E-state index contributed by atoms with van der Waals surface area (Å²) in [6.07, 6.45) is 5.87. The molecule has 1 aliphatic heterocycles. The van der Waals surface area contributed by atoms with E-state index in [-0.39, 0.29) is 11.9 Å². The van der Waals surface area contributed by atoms with Crippen molar-refractivity contribution < 1.29 is 4.39 Å². The van der Waals surface area contributed by atoms with Gasteiger partial charge in [-0.1, -0.05) is 24.3 Å². The second-order valence-electron chi connectivity index (χ2n) is 7.76. The minimum atomic E-state index is -0.195. The second kappa shape index (κ2) is 6.69. The summed E-state index contributed by atoms with van der Waals surface area (Å²) in [5.41, 5.74) is 4.94. The van der Waals surface area contributed by atoms with Crippen molar-refractivity contribution in [3.05, 3.63) is 84.4 Å². The number of H-pyrrole nitrogens is 1. The fraction of sp³-hybridized carbons (Fsp3) is 0.167. The number of rotatable bonds is 3. The monoisotopic (exact) mass is 397 g/mol. The molecule has 1 N–H and O–H groups in total. The summed E-state index contributed by atoms with van der Waals surface area (Å²) in [7, 11) is 0. The van der Waals surface area contributed by atoms with E-state index in [1.54, 1.807) is 12.1 Å². The normalized spacial score (nSPS) is 16.7. The molecule has 1 aliphatic rings. The van der Waals surface area contributed by atoms with E-state index in [2.05, 4.69) is 33.1 Å². The lowest BCUT2D eigenvalue weighted by Crippen LogP contribution is -2.24. The van der Waals surface area contributed by atoms with E-state index in [9.17, 15) is 4.39 Å². The summed E-state index contributed by atoms with van der Waals surface area (Å²) in [6.45, 7) is 0.900. The van der Waals surface area contributed by atoms with Crippen molar-refractivity contribution in [1.82, 2.24) is 19.6 Å². The van der Waals surface area contributed by atoms with Crippen LogP contribution in [0, 0.1) is 5.82 Å². The van der Waals surface area contributed by atoms with Gasteiger partial charge in [-0.05, 0) is 54.8 Å². The predicted octanol–water partition coefficient (Wildman–Crippen LogP) is 5.36. The topological polar surface area (TPSA) is 49.2 Å². The number of hydrogen-bond donors (Lipinski definition) is 1. The minimum Gasteiger partial charge on any atom is -0.361 e. The maximum atomic E-state index is 13.8. The fourth-order valence-corrected chi connectivity index (χ4v) is 4.61. The van der Waals surface area contributed by atoms with Gasteiger partial charge in [-0.2, -0.15) is 0 Å². The van der Waals surface area contributed by atoms with Gasteiger partial charge in [-0.25, -0.2) is 13.9 Å². The molecule has 0 aliphatic carbocycles. The smallest absolute Gasteiger partial charge is 0.154 e. The SMILES string of the molecule is Fc1cccc(C2CCCN2c2ccc3ncc(-c4cccc5[nH]ccc45)n3n2)c1. The zero-order chi connectivity index (χ0) is 20.1. The van der Waals surface area contributed by atoms with E-state index < -0.39 is 0 Å². The highest BCUT2D eigenvalue weighted by Gasteiger charge is 2.28. The van der Waals surface area contributed by atoms with Crippen LogP contribution < -0.4 is 4.90 Å². The van der Waals surface area contributed by atoms with Gasteiger partial charge in [0.1, 0.15) is 11.6 Å². The first-order valence-electron chi connectivity index (χ1n) is 10.2. The fourth-order valence-electron chi connectivity index (χ4n) is 4.61. The zero-order valence-electron chi connectivity index (χ0n) is 16.3. The molecule has 0 bridgehead atoms. The van der Waals surface area contributed by atoms with Crippen molar-refractivity contribution in [1.29, 1.82) is 0 Å². The van der Waals surface area contributed by atoms with Crippen molar-refractivity contribution in [2.45, 2.75) is 18.9 Å². The van der Waals surface area contributed by atoms with E-state index in [0.29, 0.717) is 0 Å². The van der Waals surface area contributed by atoms with Gasteiger partial charge in [0, 0.05) is 29.2 Å². The molecule has 0 amide bonds. The Morgan fingerprint density at radius 2 is 1.97 bits per heavy atom. The molecule has 1 fully saturated rings. The van der Waals surface area contributed by atoms with Gasteiger partial charge in [-0.15, -0.1) is 5.10 Å². The van der Waals surface area contributed by atoms with Gasteiger partial charge >= 0.3 is 0 Å². The molecule has 0 saturated carbocycles. The van der Waals surface area contributed by atoms with Gasteiger partial charge in [0.2, 0.25) is 0 Å². The van der Waals surface area contributed by atoms with Crippen LogP contribution in [0.2, 0.25) is 0 Å². The Balaban J connectivity index is 1.46. The van der Waals surface area contributed by atoms with Gasteiger partial charge in [-0.3, -0.25) is 0 Å². The average molecular weight is 397 g/mol. The standard InChI is InChI=1S/C24H20FN5/c25-17-5-1-4-16(14-17)21-8-3-13-29(21)24-10-9-23-27-15-22(30(23)28-24)19-6-2-7-20-18(19)11-12-26-20/h1-2,4-7,9-12,14-15,21,26H,3,8,13H2. The first-order valence-corrected chi connectivity index (χ1v) is 10.2. The van der Waals surface area contributed by atoms with Crippen molar-refractivity contribution in [3.63, 3.8) is 0 Å². The Morgan fingerprint density at radius 1 is 1.03 bits per heavy atom. The molecule has 5 nitrogen and oxygen atoms in total. The zero-order valence-corrected chi connectivity index (χ0v) is 16.3. The number of aromatic nitrogens is 4. The number of imidazole rings is 1. The van der Waals surface area contributed by atoms with Crippen molar-refractivity contribution in [2.24, 2.45) is 0 Å².